The summed E-state index contributed by atoms with van der Waals surface area (Å²) in [5.74, 6) is -0.0520. The summed E-state index contributed by atoms with van der Waals surface area (Å²) in [6.07, 6.45) is 1.23. The van der Waals surface area contributed by atoms with Crippen molar-refractivity contribution in [3.8, 4) is 0 Å². The van der Waals surface area contributed by atoms with Gasteiger partial charge in [0.1, 0.15) is 11.6 Å². The number of nitrogens with zero attached hydrogens (tertiary/aromatic N) is 5. The van der Waals surface area contributed by atoms with E-state index in [1.807, 2.05) is 12.1 Å². The van der Waals surface area contributed by atoms with Crippen molar-refractivity contribution in [2.24, 2.45) is 5.92 Å². The van der Waals surface area contributed by atoms with Crippen molar-refractivity contribution in [3.63, 3.8) is 0 Å². The molecule has 2 aliphatic rings. The van der Waals surface area contributed by atoms with Gasteiger partial charge in [0.2, 0.25) is 5.91 Å². The Hall–Kier alpha value is -3.20. The minimum Gasteiger partial charge on any atom is -0.465 e. The largest absolute Gasteiger partial charge is 0.465 e. The molecule has 2 fully saturated rings. The zero-order chi connectivity index (χ0) is 22.7. The van der Waals surface area contributed by atoms with Crippen molar-refractivity contribution in [1.82, 2.24) is 14.8 Å². The Morgan fingerprint density at radius 3 is 2.41 bits per heavy atom. The Morgan fingerprint density at radius 1 is 1.09 bits per heavy atom. The molecule has 8 nitrogen and oxygen atoms in total. The molecule has 0 aliphatic carbocycles. The maximum absolute atomic E-state index is 13.5. The van der Waals surface area contributed by atoms with Crippen LogP contribution in [-0.4, -0.2) is 78.2 Å². The molecule has 0 bridgehead atoms. The van der Waals surface area contributed by atoms with E-state index in [1.54, 1.807) is 23.2 Å². The summed E-state index contributed by atoms with van der Waals surface area (Å²) in [5, 5.41) is 9.23. The standard InChI is InChI=1S/C23H28FN5O3/c1-26-10-12-27(13-11-26)21-7-2-17(14-25-21)15-29(20-5-3-19(24)4-6-20)22(30)18-8-9-28(16-18)23(31)32/h2-7,14,18H,8-13,15-16H2,1H3,(H,31,32)/t18-/m0/s1. The monoisotopic (exact) mass is 441 g/mol. The number of rotatable bonds is 5. The number of halogens is 1. The van der Waals surface area contributed by atoms with Crippen LogP contribution in [0.2, 0.25) is 0 Å². The van der Waals surface area contributed by atoms with Gasteiger partial charge in [-0.15, -0.1) is 0 Å². The fraction of sp³-hybridized carbons (Fsp3) is 0.435. The molecule has 1 atom stereocenters. The molecule has 9 heteroatoms. The van der Waals surface area contributed by atoms with Crippen molar-refractivity contribution in [1.29, 1.82) is 0 Å². The highest BCUT2D eigenvalue weighted by Gasteiger charge is 2.34. The van der Waals surface area contributed by atoms with E-state index in [-0.39, 0.29) is 24.8 Å². The summed E-state index contributed by atoms with van der Waals surface area (Å²) < 4.78 is 13.5. The first kappa shape index (κ1) is 22.0. The summed E-state index contributed by atoms with van der Waals surface area (Å²) in [5.41, 5.74) is 1.43. The highest BCUT2D eigenvalue weighted by Crippen LogP contribution is 2.25. The van der Waals surface area contributed by atoms with Gasteiger partial charge in [-0.25, -0.2) is 14.2 Å². The lowest BCUT2D eigenvalue weighted by atomic mass is 10.1. The van der Waals surface area contributed by atoms with Crippen LogP contribution in [0.3, 0.4) is 0 Å². The van der Waals surface area contributed by atoms with Crippen molar-refractivity contribution >= 4 is 23.5 Å². The number of hydrogen-bond donors (Lipinski definition) is 1. The maximum Gasteiger partial charge on any atom is 0.407 e. The van der Waals surface area contributed by atoms with Gasteiger partial charge >= 0.3 is 6.09 Å². The summed E-state index contributed by atoms with van der Waals surface area (Å²) in [6.45, 7) is 4.62. The molecule has 0 saturated carbocycles. The molecule has 2 aromatic rings. The lowest BCUT2D eigenvalue weighted by Gasteiger charge is -2.33. The number of benzene rings is 1. The SMILES string of the molecule is CN1CCN(c2ccc(CN(C(=O)[C@H]3CCN(C(=O)O)C3)c3ccc(F)cc3)cn2)CC1. The van der Waals surface area contributed by atoms with Gasteiger partial charge in [-0.2, -0.15) is 0 Å². The third-order valence-corrected chi connectivity index (χ3v) is 6.19. The topological polar surface area (TPSA) is 80.2 Å². The maximum atomic E-state index is 13.5. The van der Waals surface area contributed by atoms with Gasteiger partial charge in [-0.1, -0.05) is 6.07 Å². The number of carboxylic acid groups (broad SMARTS) is 1. The van der Waals surface area contributed by atoms with Crippen LogP contribution >= 0.6 is 0 Å². The second-order valence-corrected chi connectivity index (χ2v) is 8.43. The zero-order valence-corrected chi connectivity index (χ0v) is 18.2. The number of piperazine rings is 1. The zero-order valence-electron chi connectivity index (χ0n) is 18.2. The average molecular weight is 442 g/mol. The van der Waals surface area contributed by atoms with Gasteiger partial charge in [-0.3, -0.25) is 4.79 Å². The summed E-state index contributed by atoms with van der Waals surface area (Å²) in [4.78, 5) is 36.6. The quantitative estimate of drug-likeness (QED) is 0.768. The molecule has 1 aromatic heterocycles. The van der Waals surface area contributed by atoms with E-state index >= 15 is 0 Å². The highest BCUT2D eigenvalue weighted by molar-refractivity contribution is 5.95. The lowest BCUT2D eigenvalue weighted by Crippen LogP contribution is -2.44. The van der Waals surface area contributed by atoms with Gasteiger partial charge in [0.05, 0.1) is 12.5 Å². The Balaban J connectivity index is 1.51. The van der Waals surface area contributed by atoms with E-state index in [0.29, 0.717) is 18.7 Å². The minimum absolute atomic E-state index is 0.163. The van der Waals surface area contributed by atoms with Gasteiger partial charge in [0, 0.05) is 51.2 Å². The number of likely N-dealkylation sites (N-methyl/N-ethyl adjacent to an activating group) is 1. The number of anilines is 2. The van der Waals surface area contributed by atoms with Crippen molar-refractivity contribution < 1.29 is 19.1 Å². The van der Waals surface area contributed by atoms with Crippen molar-refractivity contribution in [3.05, 3.63) is 54.0 Å². The molecular formula is C23H28FN5O3. The second kappa shape index (κ2) is 9.52. The number of carbonyl (C=O) groups is 2. The normalized spacial score (nSPS) is 19.2. The van der Waals surface area contributed by atoms with Crippen LogP contribution in [0.1, 0.15) is 12.0 Å². The van der Waals surface area contributed by atoms with Crippen molar-refractivity contribution in [2.75, 3.05) is 56.1 Å². The molecule has 32 heavy (non-hydrogen) atoms. The molecule has 0 unspecified atom stereocenters. The molecule has 0 spiro atoms. The Labute approximate surface area is 186 Å². The fourth-order valence-electron chi connectivity index (χ4n) is 4.19. The number of amides is 2. The molecule has 1 N–H and O–H groups in total. The Kier molecular flexibility index (Phi) is 6.55. The second-order valence-electron chi connectivity index (χ2n) is 8.43. The van der Waals surface area contributed by atoms with E-state index in [1.165, 1.54) is 17.0 Å². The highest BCUT2D eigenvalue weighted by atomic mass is 19.1. The van der Waals surface area contributed by atoms with E-state index < -0.39 is 12.0 Å². The lowest BCUT2D eigenvalue weighted by molar-refractivity contribution is -0.122. The van der Waals surface area contributed by atoms with E-state index in [4.69, 9.17) is 0 Å². The predicted octanol–water partition coefficient (Wildman–Crippen LogP) is 2.51. The average Bonchev–Trinajstić information content (AvgIpc) is 3.30. The molecule has 4 rings (SSSR count). The summed E-state index contributed by atoms with van der Waals surface area (Å²) in [6, 6.07) is 9.72. The molecule has 2 saturated heterocycles. The molecule has 170 valence electrons. The fourth-order valence-corrected chi connectivity index (χ4v) is 4.19. The van der Waals surface area contributed by atoms with E-state index in [9.17, 15) is 19.1 Å². The third-order valence-electron chi connectivity index (χ3n) is 6.19. The van der Waals surface area contributed by atoms with Gasteiger partial charge in [0.25, 0.3) is 0 Å². The van der Waals surface area contributed by atoms with Crippen LogP contribution in [0.25, 0.3) is 0 Å². The Bertz CT molecular complexity index is 945. The number of pyridine rings is 1. The molecule has 2 aliphatic heterocycles. The first-order valence-corrected chi connectivity index (χ1v) is 10.8. The number of aromatic nitrogens is 1. The molecule has 3 heterocycles. The molecular weight excluding hydrogens is 413 g/mol. The van der Waals surface area contributed by atoms with E-state index in [0.717, 1.165) is 37.6 Å². The molecule has 2 amide bonds. The van der Waals surface area contributed by atoms with Crippen molar-refractivity contribution in [2.45, 2.75) is 13.0 Å². The van der Waals surface area contributed by atoms with Gasteiger partial charge < -0.3 is 24.7 Å². The van der Waals surface area contributed by atoms with Crippen LogP contribution in [0.5, 0.6) is 0 Å². The first-order valence-electron chi connectivity index (χ1n) is 10.8. The predicted molar refractivity (Wildman–Crippen MR) is 119 cm³/mol. The number of hydrogen-bond acceptors (Lipinski definition) is 5. The molecule has 0 radical (unpaired) electrons. The van der Waals surface area contributed by atoms with E-state index in [2.05, 4.69) is 21.8 Å². The third kappa shape index (κ3) is 4.99. The number of likely N-dealkylation sites (tertiary alicyclic amines) is 1. The smallest absolute Gasteiger partial charge is 0.407 e. The Morgan fingerprint density at radius 2 is 1.81 bits per heavy atom. The van der Waals surface area contributed by atoms with Gasteiger partial charge in [0.15, 0.2) is 0 Å². The minimum atomic E-state index is -1.02. The van der Waals surface area contributed by atoms with Crippen LogP contribution in [0.4, 0.5) is 20.7 Å². The van der Waals surface area contributed by atoms with Crippen LogP contribution < -0.4 is 9.80 Å². The number of carbonyl (C=O) groups excluding carboxylic acids is 1. The first-order chi connectivity index (χ1) is 15.4. The van der Waals surface area contributed by atoms with Crippen LogP contribution in [0.15, 0.2) is 42.6 Å². The molecule has 1 aromatic carbocycles. The summed E-state index contributed by atoms with van der Waals surface area (Å²) >= 11 is 0. The van der Waals surface area contributed by atoms with Crippen LogP contribution in [0, 0.1) is 11.7 Å². The summed E-state index contributed by atoms with van der Waals surface area (Å²) in [7, 11) is 2.11. The van der Waals surface area contributed by atoms with Crippen LogP contribution in [-0.2, 0) is 11.3 Å². The van der Waals surface area contributed by atoms with Gasteiger partial charge in [-0.05, 0) is 49.4 Å².